The van der Waals surface area contributed by atoms with E-state index in [9.17, 15) is 28.0 Å². The molecule has 0 spiro atoms. The number of benzene rings is 2. The Bertz CT molecular complexity index is 2440. The van der Waals surface area contributed by atoms with E-state index in [1.165, 1.54) is 12.4 Å². The number of fused-ring (bicyclic) bond motifs is 2. The maximum Gasteiger partial charge on any atom is 0.248 e. The van der Waals surface area contributed by atoms with Gasteiger partial charge < -0.3 is 33.6 Å². The lowest BCUT2D eigenvalue weighted by atomic mass is 10.0. The first kappa shape index (κ1) is 37.2. The van der Waals surface area contributed by atoms with Gasteiger partial charge >= 0.3 is 0 Å². The molecule has 14 nitrogen and oxygen atoms in total. The number of amides is 4. The number of nitrogen functional groups attached to an aromatic ring is 2. The molecule has 2 saturated carbocycles. The lowest BCUT2D eigenvalue weighted by Crippen LogP contribution is -2.15. The molecule has 4 aromatic heterocycles. The number of carbonyl (C=O) groups is 4. The quantitative estimate of drug-likeness (QED) is 0.119. The number of hydrogen-bond acceptors (Lipinski definition) is 10. The Morgan fingerprint density at radius 1 is 0.625 bits per heavy atom. The van der Waals surface area contributed by atoms with Crippen molar-refractivity contribution in [3.63, 3.8) is 0 Å². The van der Waals surface area contributed by atoms with Crippen molar-refractivity contribution in [3.05, 3.63) is 95.3 Å². The molecule has 0 aliphatic heterocycles. The van der Waals surface area contributed by atoms with Gasteiger partial charge in [-0.15, -0.1) is 0 Å². The number of pyridine rings is 4. The molecule has 284 valence electrons. The number of alkyl halides is 2. The molecule has 0 unspecified atom stereocenters. The van der Waals surface area contributed by atoms with E-state index in [0.29, 0.717) is 56.6 Å². The van der Waals surface area contributed by atoms with Crippen LogP contribution in [0.1, 0.15) is 44.7 Å². The van der Waals surface area contributed by atoms with Gasteiger partial charge in [-0.25, -0.2) is 28.7 Å². The number of primary amides is 2. The highest BCUT2D eigenvalue weighted by molar-refractivity contribution is 6.01. The number of nitrogens with zero attached hydrogens (tertiary/aromatic N) is 4. The molecule has 4 heterocycles. The summed E-state index contributed by atoms with van der Waals surface area (Å²) in [6.07, 6.45) is 1.42. The average molecular weight is 759 g/mol. The third-order valence-corrected chi connectivity index (χ3v) is 9.67. The van der Waals surface area contributed by atoms with Gasteiger partial charge in [0.05, 0.1) is 23.2 Å². The van der Waals surface area contributed by atoms with Crippen LogP contribution >= 0.6 is 0 Å². The van der Waals surface area contributed by atoms with Gasteiger partial charge in [-0.05, 0) is 97.1 Å². The lowest BCUT2D eigenvalue weighted by molar-refractivity contribution is -0.118. The van der Waals surface area contributed by atoms with Crippen LogP contribution in [0.4, 0.5) is 32.1 Å². The molecule has 2 aromatic carbocycles. The second-order valence-electron chi connectivity index (χ2n) is 13.8. The fourth-order valence-electron chi connectivity index (χ4n) is 6.28. The van der Waals surface area contributed by atoms with Crippen molar-refractivity contribution < 1.29 is 28.0 Å². The van der Waals surface area contributed by atoms with E-state index in [4.69, 9.17) is 22.9 Å². The van der Waals surface area contributed by atoms with Gasteiger partial charge in [0.25, 0.3) is 0 Å². The number of halogens is 2. The zero-order valence-electron chi connectivity index (χ0n) is 30.1. The molecule has 4 amide bonds. The second-order valence-corrected chi connectivity index (χ2v) is 13.8. The largest absolute Gasteiger partial charge is 0.383 e. The molecular weight excluding hydrogens is 723 g/mol. The van der Waals surface area contributed by atoms with Crippen LogP contribution in [0.25, 0.3) is 44.1 Å². The van der Waals surface area contributed by atoms with E-state index in [2.05, 4.69) is 30.6 Å². The average Bonchev–Trinajstić information content (AvgIpc) is 4.08. The van der Waals surface area contributed by atoms with E-state index in [0.717, 1.165) is 33.0 Å². The van der Waals surface area contributed by atoms with Gasteiger partial charge in [-0.2, -0.15) is 0 Å². The third kappa shape index (κ3) is 7.75. The van der Waals surface area contributed by atoms with Gasteiger partial charge in [0.1, 0.15) is 35.6 Å². The van der Waals surface area contributed by atoms with E-state index in [1.807, 2.05) is 26.0 Å². The summed E-state index contributed by atoms with van der Waals surface area (Å²) in [7, 11) is 0. The summed E-state index contributed by atoms with van der Waals surface area (Å²) in [6, 6.07) is 17.2. The molecular formula is C40H36F2N10O4. The summed E-state index contributed by atoms with van der Waals surface area (Å²) >= 11 is 0. The van der Waals surface area contributed by atoms with Crippen LogP contribution in [0, 0.1) is 25.7 Å². The predicted molar refractivity (Wildman–Crippen MR) is 209 cm³/mol. The summed E-state index contributed by atoms with van der Waals surface area (Å²) in [6.45, 7) is 3.70. The number of anilines is 4. The molecule has 2 fully saturated rings. The van der Waals surface area contributed by atoms with Crippen LogP contribution in [0.15, 0.2) is 73.1 Å². The Hall–Kier alpha value is -7.10. The maximum atomic E-state index is 13.1. The fourth-order valence-corrected chi connectivity index (χ4v) is 6.28. The number of rotatable bonds is 8. The highest BCUT2D eigenvalue weighted by atomic mass is 19.1. The third-order valence-electron chi connectivity index (χ3n) is 9.67. The number of nitrogens with one attached hydrogen (secondary N) is 2. The second kappa shape index (κ2) is 14.6. The summed E-state index contributed by atoms with van der Waals surface area (Å²) < 4.78 is 26.1. The monoisotopic (exact) mass is 758 g/mol. The van der Waals surface area contributed by atoms with E-state index in [-0.39, 0.29) is 24.7 Å². The topological polar surface area (TPSA) is 248 Å². The van der Waals surface area contributed by atoms with Gasteiger partial charge in [0, 0.05) is 45.4 Å². The first-order valence-electron chi connectivity index (χ1n) is 17.5. The van der Waals surface area contributed by atoms with Gasteiger partial charge in [-0.3, -0.25) is 19.2 Å². The molecule has 16 heteroatoms. The Morgan fingerprint density at radius 3 is 1.32 bits per heavy atom. The molecule has 56 heavy (non-hydrogen) atoms. The minimum Gasteiger partial charge on any atom is -0.383 e. The Kier molecular flexibility index (Phi) is 9.72. The Balaban J connectivity index is 0.000000172. The zero-order valence-corrected chi connectivity index (χ0v) is 30.1. The minimum atomic E-state index is -1.07. The van der Waals surface area contributed by atoms with Crippen molar-refractivity contribution in [1.29, 1.82) is 0 Å². The van der Waals surface area contributed by atoms with Gasteiger partial charge in [0.15, 0.2) is 0 Å². The lowest BCUT2D eigenvalue weighted by Gasteiger charge is -2.11. The molecule has 0 radical (unpaired) electrons. The number of nitrogens with two attached hydrogens (primary N) is 4. The highest BCUT2D eigenvalue weighted by Crippen LogP contribution is 2.36. The van der Waals surface area contributed by atoms with Crippen molar-refractivity contribution in [2.75, 3.05) is 22.1 Å². The van der Waals surface area contributed by atoms with Crippen molar-refractivity contribution in [1.82, 2.24) is 19.9 Å². The van der Waals surface area contributed by atoms with Crippen LogP contribution in [-0.2, 0) is 9.59 Å². The van der Waals surface area contributed by atoms with Crippen LogP contribution in [0.5, 0.6) is 0 Å². The van der Waals surface area contributed by atoms with Crippen molar-refractivity contribution >= 4 is 68.4 Å². The van der Waals surface area contributed by atoms with Crippen LogP contribution in [0.2, 0.25) is 0 Å². The summed E-state index contributed by atoms with van der Waals surface area (Å²) in [5.41, 5.74) is 28.1. The molecule has 0 bridgehead atoms. The van der Waals surface area contributed by atoms with Crippen LogP contribution < -0.4 is 33.6 Å². The van der Waals surface area contributed by atoms with Crippen molar-refractivity contribution in [2.24, 2.45) is 23.3 Å². The summed E-state index contributed by atoms with van der Waals surface area (Å²) in [4.78, 5) is 63.8. The minimum absolute atomic E-state index is 0.251. The van der Waals surface area contributed by atoms with Crippen molar-refractivity contribution in [2.45, 2.75) is 39.0 Å². The molecule has 0 saturated heterocycles. The fraction of sp³-hybridized carbons (Fsp3) is 0.200. The molecule has 8 rings (SSSR count). The molecule has 4 atom stereocenters. The number of carbonyl (C=O) groups excluding carboxylic acids is 4. The smallest absolute Gasteiger partial charge is 0.248 e. The van der Waals surface area contributed by atoms with Crippen LogP contribution in [0.3, 0.4) is 0 Å². The molecule has 10 N–H and O–H groups in total. The van der Waals surface area contributed by atoms with Gasteiger partial charge in [0.2, 0.25) is 23.6 Å². The standard InChI is InChI=1S/2C20H18FN5O2/c2*1-9-4-10(19(23)27)2-3-12(9)16-5-11-6-17(24-8-14(11)18(22)25-16)26-20(28)13-7-15(13)21/h2*2-6,8,13,15H,7H2,1H3,(H2,22,25)(H2,23,27)(H,24,26,28)/t2*13-,15+/m10/s1. The summed E-state index contributed by atoms with van der Waals surface area (Å²) in [5, 5.41) is 8.02. The molecule has 6 aromatic rings. The normalized spacial score (nSPS) is 18.1. The number of aromatic nitrogens is 4. The maximum absolute atomic E-state index is 13.1. The Labute approximate surface area is 318 Å². The van der Waals surface area contributed by atoms with Crippen molar-refractivity contribution in [3.8, 4) is 22.5 Å². The SMILES string of the molecule is Cc1cc(C(N)=O)ccc1-c1cc2cc(NC(=O)[C@@H]3C[C@@H]3F)ncc2c(N)n1.Cc1cc(C(N)=O)ccc1-c1cc2cc(NC(=O)[C@H]3C[C@H]3F)ncc2c(N)n1. The first-order valence-corrected chi connectivity index (χ1v) is 17.5. The Morgan fingerprint density at radius 2 is 1.00 bits per heavy atom. The first-order chi connectivity index (χ1) is 26.7. The van der Waals surface area contributed by atoms with E-state index in [1.54, 1.807) is 48.5 Å². The highest BCUT2D eigenvalue weighted by Gasteiger charge is 2.44. The van der Waals surface area contributed by atoms with Crippen LogP contribution in [-0.4, -0.2) is 55.9 Å². The molecule has 2 aliphatic rings. The van der Waals surface area contributed by atoms with Gasteiger partial charge in [-0.1, -0.05) is 12.1 Å². The van der Waals surface area contributed by atoms with E-state index < -0.39 is 36.0 Å². The molecule has 2 aliphatic carbocycles. The zero-order chi connectivity index (χ0) is 40.0. The summed E-state index contributed by atoms with van der Waals surface area (Å²) in [5.74, 6) is -1.70. The number of aryl methyl sites for hydroxylation is 2. The number of hydrogen-bond donors (Lipinski definition) is 6. The predicted octanol–water partition coefficient (Wildman–Crippen LogP) is 5.17. The van der Waals surface area contributed by atoms with E-state index >= 15 is 0 Å².